The third kappa shape index (κ3) is 3.76. The first-order valence-corrected chi connectivity index (χ1v) is 7.65. The minimum Gasteiger partial charge on any atom is -0.497 e. The maximum atomic E-state index is 10.6. The summed E-state index contributed by atoms with van der Waals surface area (Å²) in [6.45, 7) is 6.20. The zero-order chi connectivity index (χ0) is 15.4. The molecule has 1 N–H and O–H groups in total. The molecule has 1 fully saturated rings. The van der Waals surface area contributed by atoms with Crippen LogP contribution in [0.3, 0.4) is 0 Å². The number of aliphatic hydroxyl groups is 1. The van der Waals surface area contributed by atoms with Crippen LogP contribution in [0.15, 0.2) is 24.3 Å². The molecule has 2 rings (SSSR count). The fourth-order valence-electron chi connectivity index (χ4n) is 3.01. The maximum absolute atomic E-state index is 10.6. The second kappa shape index (κ2) is 7.25. The first-order valence-electron chi connectivity index (χ1n) is 7.65. The van der Waals surface area contributed by atoms with Crippen molar-refractivity contribution in [1.29, 1.82) is 0 Å². The van der Waals surface area contributed by atoms with Crippen LogP contribution >= 0.6 is 0 Å². The van der Waals surface area contributed by atoms with Gasteiger partial charge in [-0.1, -0.05) is 19.1 Å². The highest BCUT2D eigenvalue weighted by Gasteiger charge is 2.31. The van der Waals surface area contributed by atoms with Gasteiger partial charge in [0.05, 0.1) is 19.3 Å². The van der Waals surface area contributed by atoms with E-state index in [9.17, 15) is 5.11 Å². The van der Waals surface area contributed by atoms with Gasteiger partial charge in [0.1, 0.15) is 5.75 Å². The van der Waals surface area contributed by atoms with Gasteiger partial charge in [-0.05, 0) is 43.5 Å². The summed E-state index contributed by atoms with van der Waals surface area (Å²) < 4.78 is 10.7. The maximum Gasteiger partial charge on any atom is 0.118 e. The molecule has 0 spiro atoms. The molecular formula is C17H27NO3. The van der Waals surface area contributed by atoms with Crippen LogP contribution in [0.1, 0.15) is 31.9 Å². The van der Waals surface area contributed by atoms with E-state index in [4.69, 9.17) is 9.47 Å². The minimum atomic E-state index is -0.498. The Hall–Kier alpha value is -1.10. The van der Waals surface area contributed by atoms with Crippen molar-refractivity contribution in [2.75, 3.05) is 27.3 Å². The number of hydrogen-bond donors (Lipinski definition) is 1. The van der Waals surface area contributed by atoms with Crippen LogP contribution in [0.2, 0.25) is 0 Å². The van der Waals surface area contributed by atoms with Gasteiger partial charge in [0.2, 0.25) is 0 Å². The Balaban J connectivity index is 2.02. The third-order valence-electron chi connectivity index (χ3n) is 4.71. The lowest BCUT2D eigenvalue weighted by Gasteiger charge is -2.41. The lowest BCUT2D eigenvalue weighted by molar-refractivity contribution is -0.0396. The molecule has 1 aliphatic rings. The fraction of sp³-hybridized carbons (Fsp3) is 0.647. The van der Waals surface area contributed by atoms with Crippen LogP contribution < -0.4 is 4.74 Å². The van der Waals surface area contributed by atoms with Crippen molar-refractivity contribution < 1.29 is 14.6 Å². The molecule has 0 aromatic heterocycles. The van der Waals surface area contributed by atoms with E-state index in [1.807, 2.05) is 24.3 Å². The van der Waals surface area contributed by atoms with E-state index in [1.165, 1.54) is 0 Å². The van der Waals surface area contributed by atoms with Crippen molar-refractivity contribution in [2.45, 2.75) is 38.5 Å². The van der Waals surface area contributed by atoms with Crippen LogP contribution in [0, 0.1) is 5.92 Å². The average molecular weight is 293 g/mol. The molecule has 4 unspecified atom stereocenters. The molecule has 1 aromatic rings. The Morgan fingerprint density at radius 2 is 1.90 bits per heavy atom. The number of methoxy groups -OCH3 is 2. The van der Waals surface area contributed by atoms with Gasteiger partial charge in [0.25, 0.3) is 0 Å². The zero-order valence-corrected chi connectivity index (χ0v) is 13.5. The molecule has 0 amide bonds. The standard InChI is InChI=1S/C17H27NO3/c1-12-9-10-18(11-16(12)21-4)13(2)17(19)14-5-7-15(20-3)8-6-14/h5-8,12-13,16-17,19H,9-11H2,1-4H3. The Labute approximate surface area is 127 Å². The molecule has 0 saturated carbocycles. The Morgan fingerprint density at radius 1 is 1.24 bits per heavy atom. The number of likely N-dealkylation sites (tertiary alicyclic amines) is 1. The number of hydrogen-bond acceptors (Lipinski definition) is 4. The van der Waals surface area contributed by atoms with E-state index in [1.54, 1.807) is 14.2 Å². The second-order valence-electron chi connectivity index (χ2n) is 5.99. The number of rotatable bonds is 5. The van der Waals surface area contributed by atoms with Crippen molar-refractivity contribution in [3.63, 3.8) is 0 Å². The molecule has 0 bridgehead atoms. The molecule has 0 aliphatic carbocycles. The van der Waals surface area contributed by atoms with E-state index in [-0.39, 0.29) is 12.1 Å². The van der Waals surface area contributed by atoms with E-state index in [0.717, 1.165) is 30.8 Å². The Bertz CT molecular complexity index is 434. The van der Waals surface area contributed by atoms with E-state index in [0.29, 0.717) is 5.92 Å². The predicted octanol–water partition coefficient (Wildman–Crippen LogP) is 2.47. The molecule has 1 saturated heterocycles. The van der Waals surface area contributed by atoms with Crippen LogP contribution in [-0.2, 0) is 4.74 Å². The molecule has 1 aromatic carbocycles. The Kier molecular flexibility index (Phi) is 5.62. The molecular weight excluding hydrogens is 266 g/mol. The van der Waals surface area contributed by atoms with Crippen LogP contribution in [0.25, 0.3) is 0 Å². The third-order valence-corrected chi connectivity index (χ3v) is 4.71. The van der Waals surface area contributed by atoms with Crippen molar-refractivity contribution in [3.8, 4) is 5.75 Å². The summed E-state index contributed by atoms with van der Waals surface area (Å²) in [5, 5.41) is 10.6. The summed E-state index contributed by atoms with van der Waals surface area (Å²) in [6.07, 6.45) is 0.865. The summed E-state index contributed by atoms with van der Waals surface area (Å²) in [7, 11) is 3.42. The molecule has 1 heterocycles. The van der Waals surface area contributed by atoms with Crippen LogP contribution in [-0.4, -0.2) is 49.5 Å². The van der Waals surface area contributed by atoms with E-state index >= 15 is 0 Å². The van der Waals surface area contributed by atoms with Gasteiger partial charge in [0.15, 0.2) is 0 Å². The monoisotopic (exact) mass is 293 g/mol. The van der Waals surface area contributed by atoms with Crippen LogP contribution in [0.5, 0.6) is 5.75 Å². The van der Waals surface area contributed by atoms with E-state index in [2.05, 4.69) is 18.7 Å². The quantitative estimate of drug-likeness (QED) is 0.905. The first-order chi connectivity index (χ1) is 10.1. The lowest BCUT2D eigenvalue weighted by atomic mass is 9.93. The van der Waals surface area contributed by atoms with Crippen LogP contribution in [0.4, 0.5) is 0 Å². The predicted molar refractivity (Wildman–Crippen MR) is 83.6 cm³/mol. The normalized spacial score (nSPS) is 26.3. The van der Waals surface area contributed by atoms with Gasteiger partial charge in [-0.3, -0.25) is 4.90 Å². The lowest BCUT2D eigenvalue weighted by Crippen LogP contribution is -2.49. The highest BCUT2D eigenvalue weighted by molar-refractivity contribution is 5.29. The number of piperidine rings is 1. The van der Waals surface area contributed by atoms with Gasteiger partial charge in [-0.2, -0.15) is 0 Å². The van der Waals surface area contributed by atoms with Crippen molar-refractivity contribution in [1.82, 2.24) is 4.90 Å². The number of ether oxygens (including phenoxy) is 2. The van der Waals surface area contributed by atoms with Gasteiger partial charge >= 0.3 is 0 Å². The summed E-state index contributed by atoms with van der Waals surface area (Å²) in [5.41, 5.74) is 0.927. The molecule has 0 radical (unpaired) electrons. The van der Waals surface area contributed by atoms with E-state index < -0.39 is 6.10 Å². The van der Waals surface area contributed by atoms with Crippen molar-refractivity contribution >= 4 is 0 Å². The van der Waals surface area contributed by atoms with Gasteiger partial charge in [0, 0.05) is 19.7 Å². The summed E-state index contributed by atoms with van der Waals surface area (Å²) >= 11 is 0. The topological polar surface area (TPSA) is 41.9 Å². The molecule has 21 heavy (non-hydrogen) atoms. The second-order valence-corrected chi connectivity index (χ2v) is 5.99. The molecule has 1 aliphatic heterocycles. The molecule has 118 valence electrons. The van der Waals surface area contributed by atoms with Gasteiger partial charge < -0.3 is 14.6 Å². The SMILES string of the molecule is COc1ccc(C(O)C(C)N2CCC(C)C(OC)C2)cc1. The average Bonchev–Trinajstić information content (AvgIpc) is 2.54. The summed E-state index contributed by atoms with van der Waals surface area (Å²) in [5.74, 6) is 1.39. The van der Waals surface area contributed by atoms with Crippen molar-refractivity contribution in [2.24, 2.45) is 5.92 Å². The van der Waals surface area contributed by atoms with Gasteiger partial charge in [-0.25, -0.2) is 0 Å². The molecule has 4 nitrogen and oxygen atoms in total. The molecule has 4 heteroatoms. The molecule has 4 atom stereocenters. The number of aliphatic hydroxyl groups excluding tert-OH is 1. The Morgan fingerprint density at radius 3 is 2.48 bits per heavy atom. The number of nitrogens with zero attached hydrogens (tertiary/aromatic N) is 1. The van der Waals surface area contributed by atoms with Gasteiger partial charge in [-0.15, -0.1) is 0 Å². The highest BCUT2D eigenvalue weighted by Crippen LogP contribution is 2.27. The summed E-state index contributed by atoms with van der Waals surface area (Å²) in [6, 6.07) is 7.72. The highest BCUT2D eigenvalue weighted by atomic mass is 16.5. The largest absolute Gasteiger partial charge is 0.497 e. The minimum absolute atomic E-state index is 0.0727. The number of benzene rings is 1. The first kappa shape index (κ1) is 16.3. The zero-order valence-electron chi connectivity index (χ0n) is 13.5. The smallest absolute Gasteiger partial charge is 0.118 e. The van der Waals surface area contributed by atoms with Crippen molar-refractivity contribution in [3.05, 3.63) is 29.8 Å². The summed E-state index contributed by atoms with van der Waals surface area (Å²) in [4.78, 5) is 2.32. The fourth-order valence-corrected chi connectivity index (χ4v) is 3.01.